The van der Waals surface area contributed by atoms with E-state index in [1.807, 2.05) is 0 Å². The molecule has 0 fully saturated rings. The van der Waals surface area contributed by atoms with Gasteiger partial charge in [-0.3, -0.25) is 0 Å². The van der Waals surface area contributed by atoms with E-state index in [-0.39, 0.29) is 0 Å². The lowest BCUT2D eigenvalue weighted by atomic mass is 9.84. The summed E-state index contributed by atoms with van der Waals surface area (Å²) in [6.07, 6.45) is 7.34. The van der Waals surface area contributed by atoms with Crippen molar-refractivity contribution in [2.75, 3.05) is 0 Å². The minimum Gasteiger partial charge on any atom is -0.0880 e. The molecule has 10 heavy (non-hydrogen) atoms. The van der Waals surface area contributed by atoms with E-state index < -0.39 is 0 Å². The molecular weight excluding hydrogens is 120 g/mol. The summed E-state index contributed by atoms with van der Waals surface area (Å²) in [4.78, 5) is 0. The molecule has 0 bridgehead atoms. The molecule has 1 unspecified atom stereocenters. The van der Waals surface area contributed by atoms with Crippen molar-refractivity contribution in [1.29, 1.82) is 0 Å². The lowest BCUT2D eigenvalue weighted by molar-refractivity contribution is 0.305. The van der Waals surface area contributed by atoms with Crippen LogP contribution in [0, 0.1) is 17.8 Å². The normalized spacial score (nSPS) is 34.7. The minimum atomic E-state index is 0.829. The molecule has 0 aromatic rings. The van der Waals surface area contributed by atoms with Crippen molar-refractivity contribution in [3.63, 3.8) is 0 Å². The van der Waals surface area contributed by atoms with Crippen LogP contribution in [-0.2, 0) is 0 Å². The fourth-order valence-corrected chi connectivity index (χ4v) is 1.86. The van der Waals surface area contributed by atoms with Gasteiger partial charge in [-0.05, 0) is 24.2 Å². The molecule has 0 saturated heterocycles. The van der Waals surface area contributed by atoms with Crippen molar-refractivity contribution in [2.24, 2.45) is 17.8 Å². The van der Waals surface area contributed by atoms with Crippen LogP contribution >= 0.6 is 0 Å². The van der Waals surface area contributed by atoms with Gasteiger partial charge in [0, 0.05) is 0 Å². The Morgan fingerprint density at radius 2 is 2.30 bits per heavy atom. The lowest BCUT2D eigenvalue weighted by Gasteiger charge is -2.21. The molecule has 3 atom stereocenters. The van der Waals surface area contributed by atoms with Crippen molar-refractivity contribution >= 4 is 0 Å². The predicted octanol–water partition coefficient (Wildman–Crippen LogP) is 3.24. The standard InChI is InChI=1S/C10H18/c1-4-8(2)10-7-5-6-9(10)3/h5-6,8-10H,4,7H2,1-3H3/t8-,9?,10-/m0/s1. The summed E-state index contributed by atoms with van der Waals surface area (Å²) < 4.78 is 0. The second-order valence-electron chi connectivity index (χ2n) is 3.57. The van der Waals surface area contributed by atoms with Crippen molar-refractivity contribution in [3.8, 4) is 0 Å². The van der Waals surface area contributed by atoms with Crippen molar-refractivity contribution in [1.82, 2.24) is 0 Å². The summed E-state index contributed by atoms with van der Waals surface area (Å²) in [5.41, 5.74) is 0. The second-order valence-corrected chi connectivity index (χ2v) is 3.57. The highest BCUT2D eigenvalue weighted by molar-refractivity contribution is 5.00. The van der Waals surface area contributed by atoms with E-state index in [1.165, 1.54) is 12.8 Å². The fourth-order valence-electron chi connectivity index (χ4n) is 1.86. The zero-order chi connectivity index (χ0) is 7.56. The molecule has 0 radical (unpaired) electrons. The number of hydrogen-bond acceptors (Lipinski definition) is 0. The monoisotopic (exact) mass is 138 g/mol. The van der Waals surface area contributed by atoms with Gasteiger partial charge in [0.2, 0.25) is 0 Å². The first-order valence-electron chi connectivity index (χ1n) is 4.42. The third kappa shape index (κ3) is 1.42. The summed E-state index contributed by atoms with van der Waals surface area (Å²) in [6.45, 7) is 6.99. The Labute approximate surface area is 64.3 Å². The molecule has 0 aliphatic heterocycles. The van der Waals surface area contributed by atoms with Gasteiger partial charge in [0.1, 0.15) is 0 Å². The van der Waals surface area contributed by atoms with Crippen LogP contribution in [0.15, 0.2) is 12.2 Å². The molecular formula is C10H18. The van der Waals surface area contributed by atoms with Crippen LogP contribution < -0.4 is 0 Å². The molecule has 0 aromatic heterocycles. The summed E-state index contributed by atoms with van der Waals surface area (Å²) in [7, 11) is 0. The number of allylic oxidation sites excluding steroid dienone is 2. The Bertz CT molecular complexity index is 124. The van der Waals surface area contributed by atoms with E-state index in [9.17, 15) is 0 Å². The van der Waals surface area contributed by atoms with E-state index in [4.69, 9.17) is 0 Å². The average Bonchev–Trinajstić information content (AvgIpc) is 2.34. The fraction of sp³-hybridized carbons (Fsp3) is 0.800. The molecule has 0 N–H and O–H groups in total. The lowest BCUT2D eigenvalue weighted by Crippen LogP contribution is -2.13. The summed E-state index contributed by atoms with van der Waals surface area (Å²) in [5.74, 6) is 2.67. The Kier molecular flexibility index (Phi) is 2.53. The minimum absolute atomic E-state index is 0.829. The van der Waals surface area contributed by atoms with Gasteiger partial charge in [0.25, 0.3) is 0 Å². The predicted molar refractivity (Wildman–Crippen MR) is 45.9 cm³/mol. The summed E-state index contributed by atoms with van der Waals surface area (Å²) >= 11 is 0. The summed E-state index contributed by atoms with van der Waals surface area (Å²) in [6, 6.07) is 0. The van der Waals surface area contributed by atoms with Crippen molar-refractivity contribution in [2.45, 2.75) is 33.6 Å². The third-order valence-electron chi connectivity index (χ3n) is 2.90. The van der Waals surface area contributed by atoms with Gasteiger partial charge in [-0.25, -0.2) is 0 Å². The van der Waals surface area contributed by atoms with Gasteiger partial charge in [0.15, 0.2) is 0 Å². The zero-order valence-corrected chi connectivity index (χ0v) is 7.30. The van der Waals surface area contributed by atoms with E-state index in [2.05, 4.69) is 32.9 Å². The Hall–Kier alpha value is -0.260. The molecule has 0 nitrogen and oxygen atoms in total. The highest BCUT2D eigenvalue weighted by Gasteiger charge is 2.22. The van der Waals surface area contributed by atoms with Crippen LogP contribution in [0.2, 0.25) is 0 Å². The Morgan fingerprint density at radius 3 is 2.70 bits per heavy atom. The van der Waals surface area contributed by atoms with E-state index in [0.717, 1.165) is 17.8 Å². The molecule has 0 amide bonds. The average molecular weight is 138 g/mol. The molecule has 58 valence electrons. The molecule has 0 aromatic carbocycles. The maximum Gasteiger partial charge on any atom is -0.0228 e. The molecule has 0 saturated carbocycles. The van der Waals surface area contributed by atoms with Gasteiger partial charge in [-0.1, -0.05) is 39.3 Å². The van der Waals surface area contributed by atoms with Crippen LogP contribution in [0.1, 0.15) is 33.6 Å². The largest absolute Gasteiger partial charge is 0.0880 e. The van der Waals surface area contributed by atoms with Crippen LogP contribution in [0.3, 0.4) is 0 Å². The molecule has 0 heterocycles. The SMILES string of the molecule is CC[C@H](C)[C@@H]1CC=CC1C. The highest BCUT2D eigenvalue weighted by Crippen LogP contribution is 2.32. The Balaban J connectivity index is 2.42. The van der Waals surface area contributed by atoms with Crippen molar-refractivity contribution < 1.29 is 0 Å². The van der Waals surface area contributed by atoms with Gasteiger partial charge in [0.05, 0.1) is 0 Å². The maximum atomic E-state index is 2.37. The molecule has 0 spiro atoms. The van der Waals surface area contributed by atoms with Gasteiger partial charge in [-0.2, -0.15) is 0 Å². The van der Waals surface area contributed by atoms with Crippen LogP contribution in [0.4, 0.5) is 0 Å². The molecule has 1 rings (SSSR count). The highest BCUT2D eigenvalue weighted by atomic mass is 14.3. The first kappa shape index (κ1) is 7.84. The summed E-state index contributed by atoms with van der Waals surface area (Å²) in [5, 5.41) is 0. The molecule has 0 heteroatoms. The van der Waals surface area contributed by atoms with Crippen LogP contribution in [-0.4, -0.2) is 0 Å². The van der Waals surface area contributed by atoms with E-state index >= 15 is 0 Å². The topological polar surface area (TPSA) is 0 Å². The number of hydrogen-bond donors (Lipinski definition) is 0. The van der Waals surface area contributed by atoms with E-state index in [1.54, 1.807) is 0 Å². The maximum absolute atomic E-state index is 2.37. The zero-order valence-electron chi connectivity index (χ0n) is 7.30. The van der Waals surface area contributed by atoms with Crippen molar-refractivity contribution in [3.05, 3.63) is 12.2 Å². The third-order valence-corrected chi connectivity index (χ3v) is 2.90. The smallest absolute Gasteiger partial charge is 0.0228 e. The second kappa shape index (κ2) is 3.23. The number of rotatable bonds is 2. The van der Waals surface area contributed by atoms with Gasteiger partial charge in [-0.15, -0.1) is 0 Å². The van der Waals surface area contributed by atoms with Crippen LogP contribution in [0.5, 0.6) is 0 Å². The van der Waals surface area contributed by atoms with Gasteiger partial charge < -0.3 is 0 Å². The van der Waals surface area contributed by atoms with Gasteiger partial charge >= 0.3 is 0 Å². The van der Waals surface area contributed by atoms with Crippen LogP contribution in [0.25, 0.3) is 0 Å². The van der Waals surface area contributed by atoms with E-state index in [0.29, 0.717) is 0 Å². The molecule has 1 aliphatic rings. The Morgan fingerprint density at radius 1 is 1.60 bits per heavy atom. The first-order valence-corrected chi connectivity index (χ1v) is 4.42. The first-order chi connectivity index (χ1) is 4.75. The molecule has 1 aliphatic carbocycles. The quantitative estimate of drug-likeness (QED) is 0.514.